The zero-order chi connectivity index (χ0) is 29.9. The molecule has 220 valence electrons. The Kier molecular flexibility index (Phi) is 9.11. The van der Waals surface area contributed by atoms with Crippen LogP contribution >= 0.6 is 23.2 Å². The summed E-state index contributed by atoms with van der Waals surface area (Å²) in [5, 5.41) is 3.96. The number of carbonyl (C=O) groups excluding carboxylic acids is 1. The van der Waals surface area contributed by atoms with E-state index >= 15 is 0 Å². The van der Waals surface area contributed by atoms with Crippen molar-refractivity contribution in [2.24, 2.45) is 0 Å². The van der Waals surface area contributed by atoms with Crippen molar-refractivity contribution in [1.82, 2.24) is 19.8 Å². The summed E-state index contributed by atoms with van der Waals surface area (Å²) in [4.78, 5) is 24.7. The molecule has 0 spiro atoms. The monoisotopic (exact) mass is 615 g/mol. The third-order valence-electron chi connectivity index (χ3n) is 7.64. The number of nitrogens with one attached hydrogen (secondary N) is 2. The van der Waals surface area contributed by atoms with Crippen molar-refractivity contribution in [1.29, 1.82) is 0 Å². The molecule has 1 aliphatic heterocycles. The number of piperidine rings is 1. The molecule has 0 bridgehead atoms. The van der Waals surface area contributed by atoms with Gasteiger partial charge in [0.15, 0.2) is 0 Å². The lowest BCUT2D eigenvalue weighted by atomic mass is 9.94. The average molecular weight is 617 g/mol. The number of carbonyl (C=O) groups is 1. The zero-order valence-electron chi connectivity index (χ0n) is 22.8. The van der Waals surface area contributed by atoms with Crippen LogP contribution in [0.25, 0.3) is 0 Å². The molecule has 1 fully saturated rings. The lowest BCUT2D eigenvalue weighted by Crippen LogP contribution is -2.49. The quantitative estimate of drug-likeness (QED) is 0.220. The van der Waals surface area contributed by atoms with E-state index in [1.54, 1.807) is 29.3 Å². The van der Waals surface area contributed by atoms with E-state index in [0.29, 0.717) is 52.9 Å². The van der Waals surface area contributed by atoms with Crippen LogP contribution in [-0.4, -0.2) is 44.9 Å². The Balaban J connectivity index is 1.39. The third-order valence-corrected chi connectivity index (χ3v) is 8.23. The third kappa shape index (κ3) is 6.91. The van der Waals surface area contributed by atoms with E-state index in [1.165, 1.54) is 25.4 Å². The molecule has 2 amide bonds. The van der Waals surface area contributed by atoms with Gasteiger partial charge in [-0.2, -0.15) is 13.2 Å². The highest BCUT2D eigenvalue weighted by atomic mass is 35.5. The number of anilines is 1. The number of aromatic amines is 1. The number of aromatic nitrogens is 2. The predicted molar refractivity (Wildman–Crippen MR) is 159 cm³/mol. The Morgan fingerprint density at radius 3 is 2.48 bits per heavy atom. The molecule has 42 heavy (non-hydrogen) atoms. The van der Waals surface area contributed by atoms with Crippen LogP contribution < -0.4 is 5.32 Å². The van der Waals surface area contributed by atoms with Gasteiger partial charge in [-0.1, -0.05) is 59.6 Å². The summed E-state index contributed by atoms with van der Waals surface area (Å²) in [6.45, 7) is 2.83. The Labute approximate surface area is 252 Å². The number of para-hydroxylation sites is 1. The first kappa shape index (κ1) is 29.9. The molecule has 0 aliphatic carbocycles. The first-order chi connectivity index (χ1) is 20.1. The summed E-state index contributed by atoms with van der Waals surface area (Å²) in [5.41, 5.74) is 2.20. The number of aryl methyl sites for hydroxylation is 1. The molecular weight excluding hydrogens is 586 g/mol. The Hall–Kier alpha value is -3.53. The Bertz CT molecular complexity index is 1510. The SMILES string of the molecule is Cc1ccc(C(c2cnc[nH]2)N2CCC(N(Cc3ccc(Cl)cc3Cl)C(=O)Nc3ccccc3)CC2)cc1C(F)(F)F. The molecule has 11 heteroatoms. The molecule has 4 aromatic rings. The van der Waals surface area contributed by atoms with Gasteiger partial charge in [0.25, 0.3) is 0 Å². The summed E-state index contributed by atoms with van der Waals surface area (Å²) in [6.07, 6.45) is -0.0707. The van der Waals surface area contributed by atoms with Crippen LogP contribution in [0.1, 0.15) is 46.8 Å². The number of hydrogen-bond donors (Lipinski definition) is 2. The number of benzene rings is 3. The van der Waals surface area contributed by atoms with Gasteiger partial charge in [-0.25, -0.2) is 9.78 Å². The lowest BCUT2D eigenvalue weighted by Gasteiger charge is -2.41. The highest BCUT2D eigenvalue weighted by Crippen LogP contribution is 2.37. The molecule has 2 N–H and O–H groups in total. The summed E-state index contributed by atoms with van der Waals surface area (Å²) < 4.78 is 41.4. The van der Waals surface area contributed by atoms with Gasteiger partial charge in [0, 0.05) is 47.6 Å². The van der Waals surface area contributed by atoms with Crippen LogP contribution in [-0.2, 0) is 12.7 Å². The number of amides is 2. The van der Waals surface area contributed by atoms with Crippen molar-refractivity contribution in [3.63, 3.8) is 0 Å². The molecule has 1 unspecified atom stereocenters. The minimum atomic E-state index is -4.46. The minimum absolute atomic E-state index is 0.136. The van der Waals surface area contributed by atoms with Gasteiger partial charge < -0.3 is 15.2 Å². The second-order valence-electron chi connectivity index (χ2n) is 10.4. The van der Waals surface area contributed by atoms with Crippen molar-refractivity contribution in [2.45, 2.75) is 44.6 Å². The fourth-order valence-electron chi connectivity index (χ4n) is 5.49. The van der Waals surface area contributed by atoms with E-state index in [2.05, 4.69) is 20.2 Å². The van der Waals surface area contributed by atoms with Crippen LogP contribution in [0, 0.1) is 6.92 Å². The molecule has 5 rings (SSSR count). The summed E-state index contributed by atoms with van der Waals surface area (Å²) >= 11 is 12.6. The molecule has 3 aromatic carbocycles. The summed E-state index contributed by atoms with van der Waals surface area (Å²) in [7, 11) is 0. The minimum Gasteiger partial charge on any atom is -0.347 e. The average Bonchev–Trinajstić information content (AvgIpc) is 3.48. The fraction of sp³-hybridized carbons (Fsp3) is 0.290. The summed E-state index contributed by atoms with van der Waals surface area (Å²) in [5.74, 6) is 0. The molecule has 1 atom stereocenters. The maximum atomic E-state index is 13.8. The largest absolute Gasteiger partial charge is 0.416 e. The number of likely N-dealkylation sites (tertiary alicyclic amines) is 1. The summed E-state index contributed by atoms with van der Waals surface area (Å²) in [6, 6.07) is 18.0. The van der Waals surface area contributed by atoms with Crippen molar-refractivity contribution in [3.8, 4) is 0 Å². The molecule has 1 aromatic heterocycles. The zero-order valence-corrected chi connectivity index (χ0v) is 24.3. The number of nitrogens with zero attached hydrogens (tertiary/aromatic N) is 3. The molecular formula is C31H30Cl2F3N5O. The first-order valence-corrected chi connectivity index (χ1v) is 14.3. The van der Waals surface area contributed by atoms with E-state index in [-0.39, 0.29) is 24.2 Å². The van der Waals surface area contributed by atoms with Crippen LogP contribution in [0.4, 0.5) is 23.7 Å². The molecule has 0 saturated carbocycles. The fourth-order valence-corrected chi connectivity index (χ4v) is 5.96. The number of rotatable bonds is 7. The van der Waals surface area contributed by atoms with Gasteiger partial charge in [-0.15, -0.1) is 0 Å². The topological polar surface area (TPSA) is 64.3 Å². The number of imidazole rings is 1. The number of urea groups is 1. The number of hydrogen-bond acceptors (Lipinski definition) is 3. The second-order valence-corrected chi connectivity index (χ2v) is 11.3. The molecule has 6 nitrogen and oxygen atoms in total. The standard InChI is InChI=1S/C31H30Cl2F3N5O/c1-20-7-8-21(15-26(20)31(34,35)36)29(28-17-37-19-38-28)40-13-11-25(12-14-40)41(18-22-9-10-23(32)16-27(22)33)30(42)39-24-5-3-2-4-6-24/h2-10,15-17,19,25,29H,11-14,18H2,1H3,(H,37,38)(H,39,42). The number of H-pyrrole nitrogens is 1. The Morgan fingerprint density at radius 1 is 1.10 bits per heavy atom. The van der Waals surface area contributed by atoms with E-state index < -0.39 is 17.8 Å². The van der Waals surface area contributed by atoms with E-state index in [4.69, 9.17) is 23.2 Å². The van der Waals surface area contributed by atoms with Crippen LogP contribution in [0.5, 0.6) is 0 Å². The first-order valence-electron chi connectivity index (χ1n) is 13.6. The number of halogens is 5. The predicted octanol–water partition coefficient (Wildman–Crippen LogP) is 8.33. The lowest BCUT2D eigenvalue weighted by molar-refractivity contribution is -0.138. The normalized spacial score (nSPS) is 15.4. The van der Waals surface area contributed by atoms with Crippen molar-refractivity contribution >= 4 is 34.9 Å². The van der Waals surface area contributed by atoms with Gasteiger partial charge in [0.05, 0.1) is 23.6 Å². The highest BCUT2D eigenvalue weighted by Gasteiger charge is 2.36. The highest BCUT2D eigenvalue weighted by molar-refractivity contribution is 6.35. The van der Waals surface area contributed by atoms with Crippen molar-refractivity contribution in [2.75, 3.05) is 18.4 Å². The Morgan fingerprint density at radius 2 is 1.83 bits per heavy atom. The van der Waals surface area contributed by atoms with Gasteiger partial charge in [0.2, 0.25) is 0 Å². The molecule has 0 radical (unpaired) electrons. The van der Waals surface area contributed by atoms with E-state index in [1.807, 2.05) is 36.4 Å². The van der Waals surface area contributed by atoms with Crippen LogP contribution in [0.15, 0.2) is 79.3 Å². The number of alkyl halides is 3. The molecule has 1 aliphatic rings. The second kappa shape index (κ2) is 12.8. The van der Waals surface area contributed by atoms with Gasteiger partial charge in [-0.3, -0.25) is 4.90 Å². The van der Waals surface area contributed by atoms with Gasteiger partial charge in [0.1, 0.15) is 0 Å². The molecule has 1 saturated heterocycles. The maximum Gasteiger partial charge on any atom is 0.416 e. The van der Waals surface area contributed by atoms with E-state index in [9.17, 15) is 18.0 Å². The van der Waals surface area contributed by atoms with Crippen LogP contribution in [0.3, 0.4) is 0 Å². The van der Waals surface area contributed by atoms with Gasteiger partial charge in [-0.05, 0) is 66.8 Å². The van der Waals surface area contributed by atoms with Crippen molar-refractivity contribution < 1.29 is 18.0 Å². The smallest absolute Gasteiger partial charge is 0.347 e. The van der Waals surface area contributed by atoms with Gasteiger partial charge >= 0.3 is 12.2 Å². The van der Waals surface area contributed by atoms with E-state index in [0.717, 1.165) is 5.56 Å². The maximum absolute atomic E-state index is 13.8. The van der Waals surface area contributed by atoms with Crippen LogP contribution in [0.2, 0.25) is 10.0 Å². The molecule has 2 heterocycles. The van der Waals surface area contributed by atoms with Crippen molar-refractivity contribution in [3.05, 3.63) is 117 Å².